The number of anilines is 1. The second-order valence-electron chi connectivity index (χ2n) is 5.74. The molecule has 1 atom stereocenters. The van der Waals surface area contributed by atoms with Crippen LogP contribution in [0.3, 0.4) is 0 Å². The van der Waals surface area contributed by atoms with E-state index in [4.69, 9.17) is 4.74 Å². The van der Waals surface area contributed by atoms with Crippen LogP contribution in [0.4, 0.5) is 5.69 Å². The maximum absolute atomic E-state index is 12.2. The van der Waals surface area contributed by atoms with Crippen molar-refractivity contribution < 1.29 is 19.1 Å². The highest BCUT2D eigenvalue weighted by Crippen LogP contribution is 2.23. The molecule has 0 fully saturated rings. The summed E-state index contributed by atoms with van der Waals surface area (Å²) >= 11 is 1.39. The van der Waals surface area contributed by atoms with Gasteiger partial charge in [0.25, 0.3) is 5.91 Å². The van der Waals surface area contributed by atoms with E-state index < -0.39 is 18.0 Å². The lowest BCUT2D eigenvalue weighted by molar-refractivity contribution is -0.123. The second-order valence-corrected chi connectivity index (χ2v) is 6.88. The van der Waals surface area contributed by atoms with Crippen molar-refractivity contribution in [3.63, 3.8) is 0 Å². The van der Waals surface area contributed by atoms with Crippen LogP contribution in [0.5, 0.6) is 0 Å². The van der Waals surface area contributed by atoms with Crippen molar-refractivity contribution in [3.05, 3.63) is 51.2 Å². The fourth-order valence-electron chi connectivity index (χ4n) is 2.30. The molecule has 0 unspecified atom stereocenters. The molecule has 1 amide bonds. The van der Waals surface area contributed by atoms with Gasteiger partial charge in [0.15, 0.2) is 11.9 Å². The number of hydrogen-bond donors (Lipinski definition) is 1. The van der Waals surface area contributed by atoms with Crippen molar-refractivity contribution in [2.24, 2.45) is 0 Å². The molecule has 2 rings (SSSR count). The van der Waals surface area contributed by atoms with Gasteiger partial charge >= 0.3 is 5.97 Å². The van der Waals surface area contributed by atoms with E-state index in [0.717, 1.165) is 16.9 Å². The van der Waals surface area contributed by atoms with Crippen molar-refractivity contribution in [3.8, 4) is 0 Å². The van der Waals surface area contributed by atoms with E-state index in [9.17, 15) is 14.4 Å². The largest absolute Gasteiger partial charge is 0.448 e. The monoisotopic (exact) mass is 359 g/mol. The first-order chi connectivity index (χ1) is 11.8. The Kier molecular flexibility index (Phi) is 6.09. The highest BCUT2D eigenvalue weighted by Gasteiger charge is 2.21. The van der Waals surface area contributed by atoms with E-state index in [2.05, 4.69) is 5.32 Å². The molecule has 0 aliphatic heterocycles. The first-order valence-corrected chi connectivity index (χ1v) is 8.85. The SMILES string of the molecule is CCc1sc(C(=O)O[C@H](C)C(=O)Nc2cccc(C(C)=O)c2)cc1C. The van der Waals surface area contributed by atoms with Crippen molar-refractivity contribution in [2.45, 2.75) is 40.2 Å². The summed E-state index contributed by atoms with van der Waals surface area (Å²) in [6.07, 6.45) is -0.0901. The van der Waals surface area contributed by atoms with Crippen LogP contribution in [-0.4, -0.2) is 23.8 Å². The van der Waals surface area contributed by atoms with Crippen LogP contribution in [0.25, 0.3) is 0 Å². The van der Waals surface area contributed by atoms with Crippen LogP contribution in [0.15, 0.2) is 30.3 Å². The lowest BCUT2D eigenvalue weighted by Gasteiger charge is -2.13. The predicted octanol–water partition coefficient (Wildman–Crippen LogP) is 4.01. The number of ether oxygens (including phenoxy) is 1. The number of carbonyl (C=O) groups is 3. The molecule has 1 aromatic heterocycles. The Labute approximate surface area is 151 Å². The van der Waals surface area contributed by atoms with Crippen LogP contribution < -0.4 is 5.32 Å². The van der Waals surface area contributed by atoms with Crippen LogP contribution in [0.1, 0.15) is 51.2 Å². The first-order valence-electron chi connectivity index (χ1n) is 8.04. The zero-order valence-corrected chi connectivity index (χ0v) is 15.5. The number of rotatable bonds is 6. The number of esters is 1. The van der Waals surface area contributed by atoms with E-state index >= 15 is 0 Å². The van der Waals surface area contributed by atoms with Gasteiger partial charge in [-0.3, -0.25) is 9.59 Å². The van der Waals surface area contributed by atoms with E-state index in [0.29, 0.717) is 16.1 Å². The van der Waals surface area contributed by atoms with Crippen LogP contribution in [0, 0.1) is 6.92 Å². The number of aryl methyl sites for hydroxylation is 2. The zero-order valence-electron chi connectivity index (χ0n) is 14.7. The Morgan fingerprint density at radius 1 is 1.24 bits per heavy atom. The van der Waals surface area contributed by atoms with Gasteiger partial charge in [-0.2, -0.15) is 0 Å². The number of hydrogen-bond acceptors (Lipinski definition) is 5. The number of ketones is 1. The Balaban J connectivity index is 2.01. The third kappa shape index (κ3) is 4.76. The molecule has 25 heavy (non-hydrogen) atoms. The lowest BCUT2D eigenvalue weighted by atomic mass is 10.1. The van der Waals surface area contributed by atoms with Crippen molar-refractivity contribution in [1.82, 2.24) is 0 Å². The van der Waals surface area contributed by atoms with Crippen LogP contribution in [0.2, 0.25) is 0 Å². The molecular formula is C19H21NO4S. The highest BCUT2D eigenvalue weighted by atomic mass is 32.1. The molecule has 132 valence electrons. The fraction of sp³-hybridized carbons (Fsp3) is 0.316. The average Bonchev–Trinajstić information content (AvgIpc) is 2.96. The summed E-state index contributed by atoms with van der Waals surface area (Å²) < 4.78 is 5.25. The second kappa shape index (κ2) is 8.07. The fourth-order valence-corrected chi connectivity index (χ4v) is 3.30. The number of thiophene rings is 1. The quantitative estimate of drug-likeness (QED) is 0.625. The van der Waals surface area contributed by atoms with Gasteiger partial charge in [0, 0.05) is 16.1 Å². The van der Waals surface area contributed by atoms with E-state index in [1.807, 2.05) is 13.8 Å². The molecule has 1 heterocycles. The molecule has 6 heteroatoms. The minimum atomic E-state index is -0.944. The van der Waals surface area contributed by atoms with Gasteiger partial charge in [0.1, 0.15) is 4.88 Å². The lowest BCUT2D eigenvalue weighted by Crippen LogP contribution is -2.29. The Morgan fingerprint density at radius 3 is 2.56 bits per heavy atom. The van der Waals surface area contributed by atoms with Gasteiger partial charge in [0.2, 0.25) is 0 Å². The minimum absolute atomic E-state index is 0.0876. The van der Waals surface area contributed by atoms with Gasteiger partial charge in [-0.1, -0.05) is 19.1 Å². The first kappa shape index (κ1) is 18.9. The summed E-state index contributed by atoms with van der Waals surface area (Å²) in [4.78, 5) is 37.4. The molecule has 1 aromatic carbocycles. The number of amides is 1. The number of carbonyl (C=O) groups excluding carboxylic acids is 3. The topological polar surface area (TPSA) is 72.5 Å². The Hall–Kier alpha value is -2.47. The molecule has 1 N–H and O–H groups in total. The number of Topliss-reactive ketones (excluding diaryl/α,β-unsaturated/α-hetero) is 1. The molecule has 5 nitrogen and oxygen atoms in total. The maximum atomic E-state index is 12.2. The van der Waals surface area contributed by atoms with E-state index in [-0.39, 0.29) is 5.78 Å². The van der Waals surface area contributed by atoms with Gasteiger partial charge < -0.3 is 10.1 Å². The van der Waals surface area contributed by atoms with E-state index in [1.54, 1.807) is 30.3 Å². The normalized spacial score (nSPS) is 11.7. The molecule has 0 saturated heterocycles. The third-order valence-electron chi connectivity index (χ3n) is 3.73. The molecule has 0 saturated carbocycles. The van der Waals surface area contributed by atoms with Gasteiger partial charge in [-0.15, -0.1) is 11.3 Å². The van der Waals surface area contributed by atoms with Gasteiger partial charge in [-0.25, -0.2) is 4.79 Å². The maximum Gasteiger partial charge on any atom is 0.349 e. The molecule has 0 aliphatic carbocycles. The number of benzene rings is 1. The Bertz CT molecular complexity index is 810. The summed E-state index contributed by atoms with van der Waals surface area (Å²) in [6, 6.07) is 8.41. The van der Waals surface area contributed by atoms with Gasteiger partial charge in [0.05, 0.1) is 0 Å². The zero-order chi connectivity index (χ0) is 18.6. The summed E-state index contributed by atoms with van der Waals surface area (Å²) in [5.74, 6) is -1.04. The van der Waals surface area contributed by atoms with Crippen LogP contribution in [-0.2, 0) is 16.0 Å². The van der Waals surface area contributed by atoms with Crippen molar-refractivity contribution in [2.75, 3.05) is 5.32 Å². The molecule has 0 aliphatic rings. The van der Waals surface area contributed by atoms with Crippen LogP contribution >= 0.6 is 11.3 Å². The molecule has 0 bridgehead atoms. The predicted molar refractivity (Wildman–Crippen MR) is 98.4 cm³/mol. The molecule has 0 spiro atoms. The van der Waals surface area contributed by atoms with Gasteiger partial charge in [-0.05, 0) is 51.0 Å². The summed E-state index contributed by atoms with van der Waals surface area (Å²) in [6.45, 7) is 6.95. The summed E-state index contributed by atoms with van der Waals surface area (Å²) in [5, 5.41) is 2.66. The van der Waals surface area contributed by atoms with Crippen molar-refractivity contribution >= 4 is 34.7 Å². The average molecular weight is 359 g/mol. The molecule has 2 aromatic rings. The van der Waals surface area contributed by atoms with Crippen molar-refractivity contribution in [1.29, 1.82) is 0 Å². The Morgan fingerprint density at radius 2 is 1.96 bits per heavy atom. The van der Waals surface area contributed by atoms with E-state index in [1.165, 1.54) is 25.2 Å². The smallest absolute Gasteiger partial charge is 0.349 e. The molecular weight excluding hydrogens is 338 g/mol. The summed E-state index contributed by atoms with van der Waals surface area (Å²) in [7, 11) is 0. The minimum Gasteiger partial charge on any atom is -0.448 e. The standard InChI is InChI=1S/C19H21NO4S/c1-5-16-11(2)9-17(25-16)19(23)24-13(4)18(22)20-15-8-6-7-14(10-15)12(3)21/h6-10,13H,5H2,1-4H3,(H,20,22)/t13-/m1/s1. The third-order valence-corrected chi connectivity index (χ3v) is 5.09. The highest BCUT2D eigenvalue weighted by molar-refractivity contribution is 7.14. The molecule has 0 radical (unpaired) electrons. The summed E-state index contributed by atoms with van der Waals surface area (Å²) in [5.41, 5.74) is 2.04. The number of nitrogens with one attached hydrogen (secondary N) is 1.